The van der Waals surface area contributed by atoms with E-state index in [1.807, 2.05) is 12.1 Å². The zero-order chi connectivity index (χ0) is 21.8. The number of nitrogens with zero attached hydrogens (tertiary/aromatic N) is 1. The van der Waals surface area contributed by atoms with Gasteiger partial charge >= 0.3 is 0 Å². The van der Waals surface area contributed by atoms with Crippen molar-refractivity contribution in [2.24, 2.45) is 0 Å². The van der Waals surface area contributed by atoms with Crippen molar-refractivity contribution in [2.75, 3.05) is 26.9 Å². The van der Waals surface area contributed by atoms with Crippen molar-refractivity contribution in [1.29, 1.82) is 0 Å². The van der Waals surface area contributed by atoms with Crippen molar-refractivity contribution in [3.63, 3.8) is 0 Å². The molecule has 6 nitrogen and oxygen atoms in total. The van der Waals surface area contributed by atoms with Gasteiger partial charge in [0.15, 0.2) is 0 Å². The van der Waals surface area contributed by atoms with Crippen LogP contribution in [0.4, 0.5) is 8.78 Å². The molecule has 0 aliphatic carbocycles. The Bertz CT molecular complexity index is 969. The third kappa shape index (κ3) is 5.07. The number of hydrogen-bond acceptors (Lipinski definition) is 5. The number of alkyl halides is 2. The molecular weight excluding hydrogens is 408 g/mol. The normalized spacial score (nSPS) is 17.9. The first-order valence-electron chi connectivity index (χ1n) is 10.6. The third-order valence-corrected chi connectivity index (χ3v) is 5.64. The largest absolute Gasteiger partial charge is 0.491 e. The highest BCUT2D eigenvalue weighted by atomic mass is 19.3. The van der Waals surface area contributed by atoms with Crippen LogP contribution < -0.4 is 15.0 Å². The highest BCUT2D eigenvalue weighted by Crippen LogP contribution is 2.36. The zero-order valence-corrected chi connectivity index (χ0v) is 17.6. The van der Waals surface area contributed by atoms with Gasteiger partial charge in [-0.1, -0.05) is 0 Å². The van der Waals surface area contributed by atoms with Crippen molar-refractivity contribution in [1.82, 2.24) is 4.57 Å². The lowest BCUT2D eigenvalue weighted by atomic mass is 9.94. The van der Waals surface area contributed by atoms with E-state index in [2.05, 4.69) is 0 Å². The third-order valence-electron chi connectivity index (χ3n) is 5.64. The van der Waals surface area contributed by atoms with Gasteiger partial charge in [0.05, 0.1) is 18.4 Å². The lowest BCUT2D eigenvalue weighted by molar-refractivity contribution is -0.0111. The molecule has 2 aliphatic heterocycles. The van der Waals surface area contributed by atoms with Crippen LogP contribution in [-0.4, -0.2) is 44.0 Å². The predicted molar refractivity (Wildman–Crippen MR) is 111 cm³/mol. The number of hydrogen-bond donors (Lipinski definition) is 0. The summed E-state index contributed by atoms with van der Waals surface area (Å²) in [4.78, 5) is 12.7. The first kappa shape index (κ1) is 21.8. The standard InChI is InChI=1S/C23H27F2NO5/c1-28-12-16-8-15-5-6-26-20(19(15)11-21(16)31-14-22(24)25)9-18(10-23(26)27)30-13-17-4-2-3-7-29-17/h8-11,17,22H,2-7,12-14H2,1H3. The quantitative estimate of drug-likeness (QED) is 0.631. The summed E-state index contributed by atoms with van der Waals surface area (Å²) in [5.41, 5.74) is 3.05. The molecule has 1 atom stereocenters. The predicted octanol–water partition coefficient (Wildman–Crippen LogP) is 3.81. The molecule has 2 aliphatic rings. The van der Waals surface area contributed by atoms with E-state index in [0.29, 0.717) is 42.3 Å². The number of rotatable bonds is 8. The van der Waals surface area contributed by atoms with Gasteiger partial charge in [-0.3, -0.25) is 4.79 Å². The Kier molecular flexibility index (Phi) is 6.87. The average Bonchev–Trinajstić information content (AvgIpc) is 2.77. The summed E-state index contributed by atoms with van der Waals surface area (Å²) in [6, 6.07) is 6.96. The van der Waals surface area contributed by atoms with Gasteiger partial charge in [0, 0.05) is 43.5 Å². The van der Waals surface area contributed by atoms with Gasteiger partial charge in [-0.2, -0.15) is 0 Å². The van der Waals surface area contributed by atoms with Gasteiger partial charge in [-0.05, 0) is 43.4 Å². The highest BCUT2D eigenvalue weighted by molar-refractivity contribution is 5.70. The summed E-state index contributed by atoms with van der Waals surface area (Å²) in [5.74, 6) is 0.818. The van der Waals surface area contributed by atoms with Gasteiger partial charge in [0.1, 0.15) is 24.7 Å². The Morgan fingerprint density at radius 3 is 2.81 bits per heavy atom. The number of halogens is 2. The van der Waals surface area contributed by atoms with E-state index < -0.39 is 13.0 Å². The lowest BCUT2D eigenvalue weighted by Crippen LogP contribution is -2.28. The Balaban J connectivity index is 1.65. The van der Waals surface area contributed by atoms with E-state index in [0.717, 1.165) is 37.0 Å². The van der Waals surface area contributed by atoms with Crippen LogP contribution in [0.3, 0.4) is 0 Å². The molecule has 31 heavy (non-hydrogen) atoms. The summed E-state index contributed by atoms with van der Waals surface area (Å²) in [5, 5.41) is 0. The summed E-state index contributed by atoms with van der Waals surface area (Å²) < 4.78 is 49.3. The minimum Gasteiger partial charge on any atom is -0.491 e. The summed E-state index contributed by atoms with van der Waals surface area (Å²) in [7, 11) is 1.55. The van der Waals surface area contributed by atoms with Gasteiger partial charge in [-0.25, -0.2) is 8.78 Å². The number of ether oxygens (including phenoxy) is 4. The smallest absolute Gasteiger partial charge is 0.272 e. The summed E-state index contributed by atoms with van der Waals surface area (Å²) in [6.07, 6.45) is 1.23. The van der Waals surface area contributed by atoms with Crippen LogP contribution in [0.25, 0.3) is 11.3 Å². The fourth-order valence-electron chi connectivity index (χ4n) is 4.15. The fourth-order valence-corrected chi connectivity index (χ4v) is 4.15. The molecule has 0 radical (unpaired) electrons. The Hall–Kier alpha value is -2.45. The van der Waals surface area contributed by atoms with E-state index in [-0.39, 0.29) is 18.3 Å². The number of methoxy groups -OCH3 is 1. The van der Waals surface area contributed by atoms with E-state index in [1.54, 1.807) is 17.7 Å². The van der Waals surface area contributed by atoms with Gasteiger partial charge in [0.25, 0.3) is 12.0 Å². The molecule has 0 spiro atoms. The van der Waals surface area contributed by atoms with E-state index >= 15 is 0 Å². The molecule has 0 saturated carbocycles. The second kappa shape index (κ2) is 9.78. The number of fused-ring (bicyclic) bond motifs is 3. The minimum absolute atomic E-state index is 0.0331. The zero-order valence-electron chi connectivity index (χ0n) is 17.6. The number of aryl methyl sites for hydroxylation is 1. The van der Waals surface area contributed by atoms with E-state index in [9.17, 15) is 13.6 Å². The van der Waals surface area contributed by atoms with Crippen molar-refractivity contribution < 1.29 is 27.7 Å². The number of benzene rings is 1. The Morgan fingerprint density at radius 2 is 2.06 bits per heavy atom. The second-order valence-electron chi connectivity index (χ2n) is 7.87. The maximum Gasteiger partial charge on any atom is 0.272 e. The Labute approximate surface area is 179 Å². The molecule has 1 saturated heterocycles. The van der Waals surface area contributed by atoms with E-state index in [1.165, 1.54) is 6.07 Å². The fraction of sp³-hybridized carbons (Fsp3) is 0.522. The van der Waals surface area contributed by atoms with E-state index in [4.69, 9.17) is 18.9 Å². The van der Waals surface area contributed by atoms with Gasteiger partial charge in [-0.15, -0.1) is 0 Å². The molecule has 4 rings (SSSR count). The first-order valence-corrected chi connectivity index (χ1v) is 10.6. The van der Waals surface area contributed by atoms with Crippen LogP contribution in [0, 0.1) is 0 Å². The topological polar surface area (TPSA) is 58.9 Å². The summed E-state index contributed by atoms with van der Waals surface area (Å²) >= 11 is 0. The van der Waals surface area contributed by atoms with Crippen molar-refractivity contribution >= 4 is 0 Å². The minimum atomic E-state index is -2.58. The molecule has 8 heteroatoms. The van der Waals surface area contributed by atoms with Crippen molar-refractivity contribution in [2.45, 2.75) is 51.4 Å². The molecule has 0 N–H and O–H groups in total. The first-order chi connectivity index (χ1) is 15.0. The monoisotopic (exact) mass is 435 g/mol. The number of pyridine rings is 1. The lowest BCUT2D eigenvalue weighted by Gasteiger charge is -2.25. The van der Waals surface area contributed by atoms with Crippen LogP contribution in [-0.2, 0) is 29.0 Å². The van der Waals surface area contributed by atoms with Crippen molar-refractivity contribution in [3.05, 3.63) is 45.7 Å². The molecule has 1 aromatic heterocycles. The highest BCUT2D eigenvalue weighted by Gasteiger charge is 2.22. The molecule has 1 unspecified atom stereocenters. The summed E-state index contributed by atoms with van der Waals surface area (Å²) in [6.45, 7) is 1.22. The second-order valence-corrected chi connectivity index (χ2v) is 7.87. The van der Waals surface area contributed by atoms with Gasteiger partial charge < -0.3 is 23.5 Å². The average molecular weight is 435 g/mol. The van der Waals surface area contributed by atoms with Gasteiger partial charge in [0.2, 0.25) is 0 Å². The Morgan fingerprint density at radius 1 is 1.19 bits per heavy atom. The van der Waals surface area contributed by atoms with Crippen LogP contribution in [0.5, 0.6) is 11.5 Å². The molecule has 1 fully saturated rings. The molecule has 1 aromatic carbocycles. The maximum absolute atomic E-state index is 12.7. The molecule has 3 heterocycles. The molecular formula is C23H27F2NO5. The SMILES string of the molecule is COCc1cc2c(cc1OCC(F)F)-c1cc(OCC3CCCCO3)cc(=O)n1CC2. The van der Waals surface area contributed by atoms with Crippen LogP contribution >= 0.6 is 0 Å². The molecule has 0 amide bonds. The van der Waals surface area contributed by atoms with Crippen molar-refractivity contribution in [3.8, 4) is 22.8 Å². The van der Waals surface area contributed by atoms with Crippen LogP contribution in [0.2, 0.25) is 0 Å². The number of aromatic nitrogens is 1. The molecule has 168 valence electrons. The van der Waals surface area contributed by atoms with Crippen LogP contribution in [0.15, 0.2) is 29.1 Å². The van der Waals surface area contributed by atoms with Crippen LogP contribution in [0.1, 0.15) is 30.4 Å². The maximum atomic E-state index is 12.7. The molecule has 2 aromatic rings. The molecule has 0 bridgehead atoms.